The van der Waals surface area contributed by atoms with Crippen LogP contribution in [0.15, 0.2) is 9.98 Å². The second kappa shape index (κ2) is 5.91. The summed E-state index contributed by atoms with van der Waals surface area (Å²) < 4.78 is 10.6. The van der Waals surface area contributed by atoms with Gasteiger partial charge in [0.1, 0.15) is 16.6 Å². The van der Waals surface area contributed by atoms with E-state index in [1.54, 1.807) is 41.5 Å². The Kier molecular flexibility index (Phi) is 4.50. The monoisotopic (exact) mass is 369 g/mol. The van der Waals surface area contributed by atoms with Gasteiger partial charge in [-0.3, -0.25) is 0 Å². The van der Waals surface area contributed by atoms with E-state index in [1.165, 1.54) is 0 Å². The largest absolute Gasteiger partial charge is 0.456 e. The number of nitrogens with zero attached hydrogens (tertiary/aromatic N) is 4. The first-order chi connectivity index (χ1) is 11.2. The number of hydrogen-bond donors (Lipinski definition) is 1. The minimum absolute atomic E-state index is 0.0208. The van der Waals surface area contributed by atoms with Crippen molar-refractivity contribution in [2.75, 3.05) is 5.73 Å². The fraction of sp³-hybridized carbons (Fsp3) is 0.600. The molecular formula is C15H20ClN5O4. The molecule has 2 N–H and O–H groups in total. The van der Waals surface area contributed by atoms with Crippen LogP contribution in [0.5, 0.6) is 0 Å². The number of fused-ring (bicyclic) bond motifs is 1. The maximum absolute atomic E-state index is 12.7. The number of nitrogens with two attached hydrogens (primary N) is 1. The molecule has 0 fully saturated rings. The van der Waals surface area contributed by atoms with Gasteiger partial charge in [0.2, 0.25) is 5.95 Å². The molecule has 0 aliphatic carbocycles. The number of esters is 2. The van der Waals surface area contributed by atoms with Crippen molar-refractivity contribution in [3.8, 4) is 0 Å². The van der Waals surface area contributed by atoms with Crippen molar-refractivity contribution in [2.24, 2.45) is 9.98 Å². The smallest absolute Gasteiger partial charge is 0.369 e. The second-order valence-corrected chi connectivity index (χ2v) is 7.80. The van der Waals surface area contributed by atoms with Gasteiger partial charge in [-0.2, -0.15) is 9.97 Å². The molecule has 0 amide bonds. The molecular weight excluding hydrogens is 350 g/mol. The Morgan fingerprint density at radius 1 is 0.960 bits per heavy atom. The van der Waals surface area contributed by atoms with Crippen molar-refractivity contribution in [2.45, 2.75) is 58.4 Å². The Morgan fingerprint density at radius 2 is 1.44 bits per heavy atom. The Morgan fingerprint density at radius 3 is 1.88 bits per heavy atom. The lowest BCUT2D eigenvalue weighted by Gasteiger charge is -2.28. The summed E-state index contributed by atoms with van der Waals surface area (Å²) in [5, 5.41) is -0.146. The van der Waals surface area contributed by atoms with Gasteiger partial charge in [0, 0.05) is 0 Å². The van der Waals surface area contributed by atoms with Crippen LogP contribution in [-0.4, -0.2) is 38.8 Å². The second-order valence-electron chi connectivity index (χ2n) is 7.44. The first-order valence-corrected chi connectivity index (χ1v) is 7.87. The number of aromatic nitrogens is 2. The van der Waals surface area contributed by atoms with Crippen LogP contribution in [0.2, 0.25) is 5.15 Å². The van der Waals surface area contributed by atoms with E-state index in [2.05, 4.69) is 20.0 Å². The first-order valence-electron chi connectivity index (χ1n) is 7.49. The van der Waals surface area contributed by atoms with E-state index in [1.807, 2.05) is 0 Å². The number of carbonyl (C=O) groups is 2. The van der Waals surface area contributed by atoms with E-state index >= 15 is 0 Å². The van der Waals surface area contributed by atoms with Crippen LogP contribution >= 0.6 is 11.6 Å². The van der Waals surface area contributed by atoms with Gasteiger partial charge in [0.25, 0.3) is 0 Å². The van der Waals surface area contributed by atoms with Gasteiger partial charge in [-0.15, -0.1) is 0 Å². The van der Waals surface area contributed by atoms with E-state index in [0.29, 0.717) is 0 Å². The molecule has 0 radical (unpaired) electrons. The van der Waals surface area contributed by atoms with Crippen molar-refractivity contribution in [1.82, 2.24) is 9.97 Å². The first kappa shape index (κ1) is 19.0. The van der Waals surface area contributed by atoms with Crippen LogP contribution in [0.4, 0.5) is 5.95 Å². The maximum Gasteiger partial charge on any atom is 0.369 e. The summed E-state index contributed by atoms with van der Waals surface area (Å²) in [7, 11) is 0. The number of carbonyl (C=O) groups excluding carboxylic acids is 2. The van der Waals surface area contributed by atoms with Gasteiger partial charge in [-0.25, -0.2) is 19.6 Å². The SMILES string of the molecule is CC(C)(C)OC(=O)C1(C(=O)OC(C)(C)C)N=c2nc(N)nc(Cl)c2=N1. The topological polar surface area (TPSA) is 129 Å². The van der Waals surface area contributed by atoms with Crippen molar-refractivity contribution in [3.63, 3.8) is 0 Å². The minimum Gasteiger partial charge on any atom is -0.456 e. The van der Waals surface area contributed by atoms with Crippen LogP contribution in [-0.2, 0) is 19.1 Å². The summed E-state index contributed by atoms with van der Waals surface area (Å²) in [5.74, 6) is -2.16. The fourth-order valence-corrected chi connectivity index (χ4v) is 2.12. The third-order valence-electron chi connectivity index (χ3n) is 2.75. The highest BCUT2D eigenvalue weighted by molar-refractivity contribution is 6.29. The molecule has 2 rings (SSSR count). The summed E-state index contributed by atoms with van der Waals surface area (Å²) in [5.41, 5.74) is 1.41. The number of nitrogen functional groups attached to an aromatic ring is 1. The van der Waals surface area contributed by atoms with Gasteiger partial charge in [-0.05, 0) is 41.5 Å². The molecule has 0 aromatic carbocycles. The molecule has 1 aromatic rings. The number of halogens is 1. The third kappa shape index (κ3) is 4.04. The minimum atomic E-state index is -2.30. The normalized spacial score (nSPS) is 15.6. The Hall–Kier alpha value is -2.29. The number of anilines is 1. The zero-order chi connectivity index (χ0) is 19.2. The Labute approximate surface area is 149 Å². The quantitative estimate of drug-likeness (QED) is 0.452. The van der Waals surface area contributed by atoms with Gasteiger partial charge in [-0.1, -0.05) is 11.6 Å². The Bertz CT molecular complexity index is 826. The molecule has 0 atom stereocenters. The summed E-state index contributed by atoms with van der Waals surface area (Å²) in [6.07, 6.45) is 0. The molecule has 1 aromatic heterocycles. The molecule has 25 heavy (non-hydrogen) atoms. The lowest BCUT2D eigenvalue weighted by molar-refractivity contribution is -0.176. The van der Waals surface area contributed by atoms with Crippen molar-refractivity contribution >= 4 is 29.5 Å². The van der Waals surface area contributed by atoms with E-state index in [4.69, 9.17) is 26.8 Å². The van der Waals surface area contributed by atoms with Crippen LogP contribution in [0, 0.1) is 0 Å². The molecule has 0 unspecified atom stereocenters. The lowest BCUT2D eigenvalue weighted by atomic mass is 10.1. The highest BCUT2D eigenvalue weighted by Crippen LogP contribution is 2.25. The molecule has 1 aliphatic heterocycles. The van der Waals surface area contributed by atoms with E-state index < -0.39 is 28.8 Å². The number of hydrogen-bond acceptors (Lipinski definition) is 9. The zero-order valence-corrected chi connectivity index (χ0v) is 15.6. The van der Waals surface area contributed by atoms with E-state index in [0.717, 1.165) is 0 Å². The van der Waals surface area contributed by atoms with E-state index in [9.17, 15) is 9.59 Å². The highest BCUT2D eigenvalue weighted by atomic mass is 35.5. The summed E-state index contributed by atoms with van der Waals surface area (Å²) >= 11 is 5.99. The van der Waals surface area contributed by atoms with Crippen LogP contribution < -0.4 is 16.6 Å². The predicted octanol–water partition coefficient (Wildman–Crippen LogP) is 0.345. The molecule has 0 saturated heterocycles. The average Bonchev–Trinajstić information content (AvgIpc) is 2.75. The third-order valence-corrected chi connectivity index (χ3v) is 3.01. The molecule has 136 valence electrons. The van der Waals surface area contributed by atoms with Gasteiger partial charge in [0.05, 0.1) is 0 Å². The number of rotatable bonds is 2. The van der Waals surface area contributed by atoms with Gasteiger partial charge < -0.3 is 15.2 Å². The summed E-state index contributed by atoms with van der Waals surface area (Å²) in [4.78, 5) is 41.2. The van der Waals surface area contributed by atoms with Gasteiger partial charge in [0.15, 0.2) is 10.6 Å². The highest BCUT2D eigenvalue weighted by Gasteiger charge is 2.54. The predicted molar refractivity (Wildman–Crippen MR) is 88.2 cm³/mol. The maximum atomic E-state index is 12.7. The van der Waals surface area contributed by atoms with Crippen molar-refractivity contribution in [3.05, 3.63) is 16.0 Å². The molecule has 0 bridgehead atoms. The molecule has 10 heteroatoms. The average molecular weight is 370 g/mol. The molecule has 0 spiro atoms. The zero-order valence-electron chi connectivity index (χ0n) is 14.9. The fourth-order valence-electron chi connectivity index (χ4n) is 1.91. The van der Waals surface area contributed by atoms with Crippen LogP contribution in [0.3, 0.4) is 0 Å². The lowest BCUT2D eigenvalue weighted by Crippen LogP contribution is -2.49. The van der Waals surface area contributed by atoms with Gasteiger partial charge >= 0.3 is 17.6 Å². The molecule has 1 aliphatic rings. The summed E-state index contributed by atoms with van der Waals surface area (Å²) in [6, 6.07) is 0. The molecule has 9 nitrogen and oxygen atoms in total. The van der Waals surface area contributed by atoms with E-state index in [-0.39, 0.29) is 21.9 Å². The van der Waals surface area contributed by atoms with Crippen molar-refractivity contribution < 1.29 is 19.1 Å². The van der Waals surface area contributed by atoms with Crippen LogP contribution in [0.1, 0.15) is 41.5 Å². The number of ether oxygens (including phenoxy) is 2. The Balaban J connectivity index is 2.64. The molecule has 2 heterocycles. The van der Waals surface area contributed by atoms with Crippen LogP contribution in [0.25, 0.3) is 0 Å². The molecule has 0 saturated carbocycles. The van der Waals surface area contributed by atoms with Crippen molar-refractivity contribution in [1.29, 1.82) is 0 Å². The summed E-state index contributed by atoms with van der Waals surface area (Å²) in [6.45, 7) is 9.92. The standard InChI is InChI=1S/C15H20ClN5O4/c1-13(2,3)24-10(22)15(11(23)25-14(4,5)6)20-7-8(16)18-12(17)19-9(7)21-15/h1-6H3,(H2,17,19,21).